The average molecular weight is 213 g/mol. The van der Waals surface area contributed by atoms with Crippen molar-refractivity contribution in [1.29, 1.82) is 0 Å². The van der Waals surface area contributed by atoms with Gasteiger partial charge in [0.05, 0.1) is 6.10 Å². The molecule has 1 N–H and O–H groups in total. The summed E-state index contributed by atoms with van der Waals surface area (Å²) in [6.07, 6.45) is 5.61. The minimum absolute atomic E-state index is 0.293. The van der Waals surface area contributed by atoms with E-state index in [-0.39, 0.29) is 0 Å². The quantitative estimate of drug-likeness (QED) is 0.775. The number of methoxy groups -OCH3 is 1. The van der Waals surface area contributed by atoms with Crippen LogP contribution in [0.15, 0.2) is 0 Å². The highest BCUT2D eigenvalue weighted by Gasteiger charge is 2.31. The second kappa shape index (κ2) is 5.31. The van der Waals surface area contributed by atoms with E-state index >= 15 is 0 Å². The lowest BCUT2D eigenvalue weighted by atomic mass is 9.78. The molecule has 15 heavy (non-hydrogen) atoms. The van der Waals surface area contributed by atoms with Crippen LogP contribution in [0.25, 0.3) is 0 Å². The van der Waals surface area contributed by atoms with E-state index in [1.54, 1.807) is 7.11 Å². The van der Waals surface area contributed by atoms with Gasteiger partial charge in [0.15, 0.2) is 0 Å². The molecule has 1 fully saturated rings. The first-order valence-electron chi connectivity index (χ1n) is 6.27. The largest absolute Gasteiger partial charge is 0.380 e. The van der Waals surface area contributed by atoms with E-state index in [2.05, 4.69) is 33.0 Å². The lowest BCUT2D eigenvalue weighted by Crippen LogP contribution is -2.52. The fourth-order valence-electron chi connectivity index (χ4n) is 2.41. The Hall–Kier alpha value is -0.0800. The second-order valence-corrected chi connectivity index (χ2v) is 5.62. The van der Waals surface area contributed by atoms with E-state index < -0.39 is 0 Å². The monoisotopic (exact) mass is 213 g/mol. The van der Waals surface area contributed by atoms with Gasteiger partial charge in [-0.25, -0.2) is 0 Å². The fourth-order valence-corrected chi connectivity index (χ4v) is 2.41. The van der Waals surface area contributed by atoms with Gasteiger partial charge in [0, 0.05) is 18.7 Å². The molecule has 1 aliphatic rings. The Labute approximate surface area is 94.8 Å². The molecule has 0 radical (unpaired) electrons. The van der Waals surface area contributed by atoms with Gasteiger partial charge >= 0.3 is 0 Å². The molecule has 0 aromatic carbocycles. The van der Waals surface area contributed by atoms with Gasteiger partial charge in [-0.15, -0.1) is 0 Å². The summed E-state index contributed by atoms with van der Waals surface area (Å²) in [5.41, 5.74) is 0.332. The van der Waals surface area contributed by atoms with E-state index in [1.807, 2.05) is 0 Å². The van der Waals surface area contributed by atoms with E-state index in [4.69, 9.17) is 4.74 Å². The van der Waals surface area contributed by atoms with Crippen LogP contribution in [-0.4, -0.2) is 24.8 Å². The van der Waals surface area contributed by atoms with Crippen LogP contribution in [0.3, 0.4) is 0 Å². The summed E-state index contributed by atoms with van der Waals surface area (Å²) in [6, 6.07) is 0.438. The van der Waals surface area contributed by atoms with Gasteiger partial charge < -0.3 is 10.1 Å². The highest BCUT2D eigenvalue weighted by atomic mass is 16.5. The molecule has 2 heteroatoms. The van der Waals surface area contributed by atoms with Crippen LogP contribution in [-0.2, 0) is 4.74 Å². The molecule has 1 rings (SSSR count). The van der Waals surface area contributed by atoms with Crippen molar-refractivity contribution in [3.8, 4) is 0 Å². The zero-order chi connectivity index (χ0) is 11.5. The van der Waals surface area contributed by atoms with Gasteiger partial charge in [-0.05, 0) is 52.4 Å². The summed E-state index contributed by atoms with van der Waals surface area (Å²) in [4.78, 5) is 0. The van der Waals surface area contributed by atoms with Crippen molar-refractivity contribution in [2.45, 2.75) is 71.1 Å². The first-order valence-corrected chi connectivity index (χ1v) is 6.27. The second-order valence-electron chi connectivity index (χ2n) is 5.62. The predicted molar refractivity (Wildman–Crippen MR) is 65.1 cm³/mol. The molecule has 0 aliphatic heterocycles. The lowest BCUT2D eigenvalue weighted by Gasteiger charge is -2.40. The number of nitrogens with one attached hydrogen (secondary N) is 1. The molecule has 0 aromatic heterocycles. The smallest absolute Gasteiger partial charge is 0.0693 e. The van der Waals surface area contributed by atoms with Crippen LogP contribution in [0.4, 0.5) is 0 Å². The molecule has 1 aliphatic carbocycles. The van der Waals surface area contributed by atoms with Crippen LogP contribution in [0, 0.1) is 5.92 Å². The van der Waals surface area contributed by atoms with Gasteiger partial charge in [-0.2, -0.15) is 0 Å². The number of hydrogen-bond donors (Lipinski definition) is 1. The fraction of sp³-hybridized carbons (Fsp3) is 1.00. The van der Waals surface area contributed by atoms with Crippen molar-refractivity contribution in [1.82, 2.24) is 5.32 Å². The third kappa shape index (κ3) is 3.76. The van der Waals surface area contributed by atoms with Gasteiger partial charge in [0.1, 0.15) is 0 Å². The van der Waals surface area contributed by atoms with E-state index in [1.165, 1.54) is 25.7 Å². The van der Waals surface area contributed by atoms with Crippen LogP contribution in [0.5, 0.6) is 0 Å². The molecule has 2 unspecified atom stereocenters. The van der Waals surface area contributed by atoms with Crippen LogP contribution in [0.1, 0.15) is 53.4 Å². The molecule has 2 atom stereocenters. The summed E-state index contributed by atoms with van der Waals surface area (Å²) < 4.78 is 5.36. The summed E-state index contributed by atoms with van der Waals surface area (Å²) >= 11 is 0. The molecule has 0 spiro atoms. The van der Waals surface area contributed by atoms with Crippen molar-refractivity contribution in [2.24, 2.45) is 5.92 Å². The zero-order valence-corrected chi connectivity index (χ0v) is 11.0. The Balaban J connectivity index is 2.42. The normalized spacial score (nSPS) is 36.2. The van der Waals surface area contributed by atoms with Crippen molar-refractivity contribution in [2.75, 3.05) is 7.11 Å². The number of ether oxygens (including phenoxy) is 1. The van der Waals surface area contributed by atoms with Gasteiger partial charge in [-0.1, -0.05) is 6.92 Å². The molecule has 0 aromatic rings. The van der Waals surface area contributed by atoms with Crippen molar-refractivity contribution < 1.29 is 4.74 Å². The Morgan fingerprint density at radius 1 is 1.27 bits per heavy atom. The summed E-state index contributed by atoms with van der Waals surface area (Å²) in [5.74, 6) is 0.912. The SMILES string of the molecule is COC(C)C(C)NC1(C)CCC(C)CC1. The molecule has 90 valence electrons. The number of hydrogen-bond acceptors (Lipinski definition) is 2. The highest BCUT2D eigenvalue weighted by Crippen LogP contribution is 2.31. The third-order valence-corrected chi connectivity index (χ3v) is 4.03. The predicted octanol–water partition coefficient (Wildman–Crippen LogP) is 2.97. The highest BCUT2D eigenvalue weighted by molar-refractivity contribution is 4.90. The molecule has 1 saturated carbocycles. The Morgan fingerprint density at radius 3 is 2.27 bits per heavy atom. The minimum Gasteiger partial charge on any atom is -0.380 e. The maximum atomic E-state index is 5.36. The van der Waals surface area contributed by atoms with Crippen molar-refractivity contribution >= 4 is 0 Å². The average Bonchev–Trinajstić information content (AvgIpc) is 2.21. The molecule has 0 saturated heterocycles. The topological polar surface area (TPSA) is 21.3 Å². The standard InChI is InChI=1S/C13H27NO/c1-10-6-8-13(4,9-7-10)14-11(2)12(3)15-5/h10-12,14H,6-9H2,1-5H3. The van der Waals surface area contributed by atoms with E-state index in [0.29, 0.717) is 17.7 Å². The molecule has 0 heterocycles. The molecular weight excluding hydrogens is 186 g/mol. The molecule has 0 bridgehead atoms. The Bertz CT molecular complexity index is 185. The maximum absolute atomic E-state index is 5.36. The van der Waals surface area contributed by atoms with E-state index in [0.717, 1.165) is 5.92 Å². The van der Waals surface area contributed by atoms with Gasteiger partial charge in [0.2, 0.25) is 0 Å². The summed E-state index contributed by atoms with van der Waals surface area (Å²) in [7, 11) is 1.79. The minimum atomic E-state index is 0.293. The van der Waals surface area contributed by atoms with E-state index in [9.17, 15) is 0 Å². The van der Waals surface area contributed by atoms with Crippen molar-refractivity contribution in [3.05, 3.63) is 0 Å². The maximum Gasteiger partial charge on any atom is 0.0693 e. The summed E-state index contributed by atoms with van der Waals surface area (Å²) in [5, 5.41) is 3.74. The number of rotatable bonds is 4. The summed E-state index contributed by atoms with van der Waals surface area (Å²) in [6.45, 7) is 9.07. The molecule has 0 amide bonds. The van der Waals surface area contributed by atoms with Crippen LogP contribution >= 0.6 is 0 Å². The van der Waals surface area contributed by atoms with Crippen LogP contribution < -0.4 is 5.32 Å². The lowest BCUT2D eigenvalue weighted by molar-refractivity contribution is 0.0676. The Morgan fingerprint density at radius 2 is 1.80 bits per heavy atom. The van der Waals surface area contributed by atoms with Gasteiger partial charge in [0.25, 0.3) is 0 Å². The van der Waals surface area contributed by atoms with Crippen molar-refractivity contribution in [3.63, 3.8) is 0 Å². The van der Waals surface area contributed by atoms with Crippen LogP contribution in [0.2, 0.25) is 0 Å². The Kier molecular flexibility index (Phi) is 4.60. The van der Waals surface area contributed by atoms with Gasteiger partial charge in [-0.3, -0.25) is 0 Å². The zero-order valence-electron chi connectivity index (χ0n) is 11.0. The molecular formula is C13H27NO. The molecule has 2 nitrogen and oxygen atoms in total. The third-order valence-electron chi connectivity index (χ3n) is 4.03. The first-order chi connectivity index (χ1) is 6.97. The first kappa shape index (κ1) is 13.0.